The molecule has 1 aromatic carbocycles. The van der Waals surface area contributed by atoms with Gasteiger partial charge in [-0.05, 0) is 28.2 Å². The van der Waals surface area contributed by atoms with E-state index in [9.17, 15) is 4.79 Å². The summed E-state index contributed by atoms with van der Waals surface area (Å²) in [6.07, 6.45) is 0.0471. The number of carbonyl (C=O) groups is 1. The summed E-state index contributed by atoms with van der Waals surface area (Å²) in [6, 6.07) is 9.93. The molecule has 0 fully saturated rings. The van der Waals surface area contributed by atoms with Crippen molar-refractivity contribution in [2.24, 2.45) is 0 Å². The number of hydrogen-bond donors (Lipinski definition) is 0. The number of halogens is 1. The van der Waals surface area contributed by atoms with Gasteiger partial charge in [0.05, 0.1) is 19.8 Å². The highest BCUT2D eigenvalue weighted by molar-refractivity contribution is 14.1. The molecule has 0 aliphatic carbocycles. The topological polar surface area (TPSA) is 44.8 Å². The molecule has 0 aliphatic heterocycles. The molecule has 1 aromatic rings. The largest absolute Gasteiger partial charge is 0.509 e. The van der Waals surface area contributed by atoms with E-state index in [0.29, 0.717) is 30.9 Å². The van der Waals surface area contributed by atoms with Crippen LogP contribution in [0.1, 0.15) is 12.0 Å². The van der Waals surface area contributed by atoms with E-state index in [0.717, 1.165) is 5.56 Å². The second kappa shape index (κ2) is 9.23. The SMILES string of the molecule is O=C(OCI)OCCCOCc1ccccc1. The zero-order valence-corrected chi connectivity index (χ0v) is 11.6. The van der Waals surface area contributed by atoms with Gasteiger partial charge in [0.1, 0.15) is 4.61 Å². The van der Waals surface area contributed by atoms with Crippen molar-refractivity contribution in [3.05, 3.63) is 35.9 Å². The second-order valence-corrected chi connectivity index (χ2v) is 3.87. The fourth-order valence-electron chi connectivity index (χ4n) is 1.17. The molecule has 0 aromatic heterocycles. The third-order valence-electron chi connectivity index (χ3n) is 1.94. The molecule has 0 aliphatic rings. The normalized spacial score (nSPS) is 9.94. The van der Waals surface area contributed by atoms with Crippen LogP contribution in [0.5, 0.6) is 0 Å². The lowest BCUT2D eigenvalue weighted by Gasteiger charge is -2.05. The summed E-state index contributed by atoms with van der Waals surface area (Å²) in [5.41, 5.74) is 1.14. The monoisotopic (exact) mass is 350 g/mol. The number of rotatable bonds is 7. The Balaban J connectivity index is 1.96. The molecule has 5 heteroatoms. The van der Waals surface area contributed by atoms with Crippen molar-refractivity contribution in [3.8, 4) is 0 Å². The van der Waals surface area contributed by atoms with E-state index >= 15 is 0 Å². The zero-order chi connectivity index (χ0) is 12.3. The zero-order valence-electron chi connectivity index (χ0n) is 9.43. The molecule has 17 heavy (non-hydrogen) atoms. The summed E-state index contributed by atoms with van der Waals surface area (Å²) in [4.78, 5) is 10.8. The Morgan fingerprint density at radius 1 is 1.12 bits per heavy atom. The van der Waals surface area contributed by atoms with Crippen molar-refractivity contribution in [2.45, 2.75) is 13.0 Å². The van der Waals surface area contributed by atoms with Crippen LogP contribution in [-0.2, 0) is 20.8 Å². The van der Waals surface area contributed by atoms with E-state index in [4.69, 9.17) is 9.47 Å². The highest BCUT2D eigenvalue weighted by Gasteiger charge is 2.01. The molecule has 0 saturated carbocycles. The van der Waals surface area contributed by atoms with Crippen molar-refractivity contribution in [2.75, 3.05) is 17.8 Å². The highest BCUT2D eigenvalue weighted by Crippen LogP contribution is 2.01. The second-order valence-electron chi connectivity index (χ2n) is 3.24. The highest BCUT2D eigenvalue weighted by atomic mass is 127. The van der Waals surface area contributed by atoms with Gasteiger partial charge in [-0.2, -0.15) is 0 Å². The third kappa shape index (κ3) is 7.17. The molecule has 0 heterocycles. The van der Waals surface area contributed by atoms with Gasteiger partial charge in [0.25, 0.3) is 0 Å². The molecule has 0 amide bonds. The van der Waals surface area contributed by atoms with Crippen molar-refractivity contribution < 1.29 is 19.0 Å². The molecular weight excluding hydrogens is 335 g/mol. The minimum atomic E-state index is -0.623. The maximum absolute atomic E-state index is 10.8. The lowest BCUT2D eigenvalue weighted by molar-refractivity contribution is 0.0550. The molecular formula is C12H15IO4. The minimum absolute atomic E-state index is 0.307. The van der Waals surface area contributed by atoms with Gasteiger partial charge < -0.3 is 14.2 Å². The average molecular weight is 350 g/mol. The molecule has 0 atom stereocenters. The van der Waals surface area contributed by atoms with Gasteiger partial charge in [0, 0.05) is 6.42 Å². The Bertz CT molecular complexity index is 316. The third-order valence-corrected chi connectivity index (χ3v) is 2.25. The van der Waals surface area contributed by atoms with E-state index in [-0.39, 0.29) is 0 Å². The molecule has 0 unspecified atom stereocenters. The number of ether oxygens (including phenoxy) is 3. The van der Waals surface area contributed by atoms with E-state index in [2.05, 4.69) is 4.74 Å². The molecule has 0 bridgehead atoms. The van der Waals surface area contributed by atoms with Gasteiger partial charge in [0.2, 0.25) is 0 Å². The van der Waals surface area contributed by atoms with Crippen LogP contribution in [0.3, 0.4) is 0 Å². The van der Waals surface area contributed by atoms with Crippen LogP contribution in [-0.4, -0.2) is 24.0 Å². The predicted molar refractivity (Wildman–Crippen MR) is 72.0 cm³/mol. The molecule has 0 spiro atoms. The first-order valence-corrected chi connectivity index (χ1v) is 6.82. The van der Waals surface area contributed by atoms with E-state index in [1.54, 1.807) is 0 Å². The molecule has 0 saturated heterocycles. The predicted octanol–water partition coefficient (Wildman–Crippen LogP) is 3.14. The minimum Gasteiger partial charge on any atom is -0.434 e. The van der Waals surface area contributed by atoms with Gasteiger partial charge in [0.15, 0.2) is 0 Å². The first kappa shape index (κ1) is 14.2. The summed E-state index contributed by atoms with van der Waals surface area (Å²) in [7, 11) is 0. The van der Waals surface area contributed by atoms with Crippen LogP contribution < -0.4 is 0 Å². The van der Waals surface area contributed by atoms with Crippen LogP contribution in [0.4, 0.5) is 4.79 Å². The van der Waals surface area contributed by atoms with Crippen LogP contribution in [0.25, 0.3) is 0 Å². The molecule has 4 nitrogen and oxygen atoms in total. The maximum Gasteiger partial charge on any atom is 0.509 e. The number of carbonyl (C=O) groups excluding carboxylic acids is 1. The van der Waals surface area contributed by atoms with E-state index < -0.39 is 6.16 Å². The Hall–Kier alpha value is -0.820. The van der Waals surface area contributed by atoms with Gasteiger partial charge in [-0.1, -0.05) is 30.3 Å². The molecule has 1 rings (SSSR count). The first-order valence-electron chi connectivity index (χ1n) is 5.30. The van der Waals surface area contributed by atoms with Gasteiger partial charge in [-0.15, -0.1) is 0 Å². The van der Waals surface area contributed by atoms with Crippen molar-refractivity contribution in [1.82, 2.24) is 0 Å². The van der Waals surface area contributed by atoms with E-state index in [1.165, 1.54) is 0 Å². The molecule has 94 valence electrons. The lowest BCUT2D eigenvalue weighted by atomic mass is 10.2. The van der Waals surface area contributed by atoms with Crippen LogP contribution in [0, 0.1) is 0 Å². The summed E-state index contributed by atoms with van der Waals surface area (Å²) in [5.74, 6) is 0. The smallest absolute Gasteiger partial charge is 0.434 e. The van der Waals surface area contributed by atoms with Crippen LogP contribution in [0.15, 0.2) is 30.3 Å². The number of hydrogen-bond acceptors (Lipinski definition) is 4. The van der Waals surface area contributed by atoms with Crippen molar-refractivity contribution >= 4 is 28.7 Å². The summed E-state index contributed by atoms with van der Waals surface area (Å²) >= 11 is 1.94. The van der Waals surface area contributed by atoms with Crippen LogP contribution >= 0.6 is 22.6 Å². The Labute approximate surface area is 114 Å². The van der Waals surface area contributed by atoms with Crippen molar-refractivity contribution in [1.29, 1.82) is 0 Å². The number of alkyl halides is 1. The Kier molecular flexibility index (Phi) is 7.74. The maximum atomic E-state index is 10.8. The van der Waals surface area contributed by atoms with Gasteiger partial charge in [-0.3, -0.25) is 0 Å². The van der Waals surface area contributed by atoms with Gasteiger partial charge in [-0.25, -0.2) is 4.79 Å². The van der Waals surface area contributed by atoms with Gasteiger partial charge >= 0.3 is 6.16 Å². The Morgan fingerprint density at radius 2 is 1.88 bits per heavy atom. The average Bonchev–Trinajstić information content (AvgIpc) is 2.35. The Morgan fingerprint density at radius 3 is 2.59 bits per heavy atom. The molecule has 0 radical (unpaired) electrons. The fourth-order valence-corrected chi connectivity index (χ4v) is 1.42. The lowest BCUT2D eigenvalue weighted by Crippen LogP contribution is -2.09. The fraction of sp³-hybridized carbons (Fsp3) is 0.417. The molecule has 0 N–H and O–H groups in total. The summed E-state index contributed by atoms with van der Waals surface area (Å²) < 4.78 is 15.1. The van der Waals surface area contributed by atoms with E-state index in [1.807, 2.05) is 52.9 Å². The number of benzene rings is 1. The quantitative estimate of drug-likeness (QED) is 0.328. The van der Waals surface area contributed by atoms with Crippen molar-refractivity contribution in [3.63, 3.8) is 0 Å². The standard InChI is InChI=1S/C12H15IO4/c13-10-17-12(14)16-8-4-7-15-9-11-5-2-1-3-6-11/h1-3,5-6H,4,7-10H2. The first-order chi connectivity index (χ1) is 8.33. The summed E-state index contributed by atoms with van der Waals surface area (Å²) in [5, 5.41) is 0. The van der Waals surface area contributed by atoms with Crippen LogP contribution in [0.2, 0.25) is 0 Å². The summed E-state index contributed by atoms with van der Waals surface area (Å²) in [6.45, 7) is 1.47.